The van der Waals surface area contributed by atoms with Gasteiger partial charge in [-0.25, -0.2) is 0 Å². The highest BCUT2D eigenvalue weighted by Crippen LogP contribution is 2.33. The van der Waals surface area contributed by atoms with Crippen LogP contribution in [-0.2, 0) is 0 Å². The molecule has 0 aromatic heterocycles. The average molecular weight is 956 g/mol. The van der Waals surface area contributed by atoms with Crippen molar-refractivity contribution in [2.75, 3.05) is 0 Å². The lowest BCUT2D eigenvalue weighted by molar-refractivity contribution is 0.373. The molecule has 418 valence electrons. The third-order valence-electron chi connectivity index (χ3n) is 12.9. The van der Waals surface area contributed by atoms with Crippen LogP contribution in [0.25, 0.3) is 0 Å². The first-order chi connectivity index (χ1) is 31.3. The summed E-state index contributed by atoms with van der Waals surface area (Å²) in [5.41, 5.74) is 1.09. The minimum atomic E-state index is 0.542. The van der Waals surface area contributed by atoms with Gasteiger partial charge in [-0.3, -0.25) is 0 Å². The van der Waals surface area contributed by atoms with E-state index >= 15 is 0 Å². The molecule has 2 saturated carbocycles. The van der Waals surface area contributed by atoms with Gasteiger partial charge >= 0.3 is 0 Å². The van der Waals surface area contributed by atoms with E-state index in [4.69, 9.17) is 0 Å². The van der Waals surface area contributed by atoms with E-state index in [2.05, 4.69) is 187 Å². The molecule has 0 aliphatic heterocycles. The summed E-state index contributed by atoms with van der Waals surface area (Å²) in [5, 5.41) is 0. The largest absolute Gasteiger partial charge is 0.0654 e. The fourth-order valence-corrected chi connectivity index (χ4v) is 6.91. The first kappa shape index (κ1) is 83.8. The highest BCUT2D eigenvalue weighted by molar-refractivity contribution is 4.71. The molecule has 0 amide bonds. The summed E-state index contributed by atoms with van der Waals surface area (Å²) in [4.78, 5) is 0. The van der Waals surface area contributed by atoms with Gasteiger partial charge in [-0.1, -0.05) is 380 Å². The summed E-state index contributed by atoms with van der Waals surface area (Å²) >= 11 is 0. The number of hydrogen-bond acceptors (Lipinski definition) is 0. The maximum absolute atomic E-state index is 2.36. The van der Waals surface area contributed by atoms with Crippen LogP contribution >= 0.6 is 0 Å². The van der Waals surface area contributed by atoms with Gasteiger partial charge in [0.1, 0.15) is 0 Å². The van der Waals surface area contributed by atoms with Gasteiger partial charge in [-0.05, 0) is 58.7 Å². The standard InChI is InChI=1S/C7H14.6C7H16.C6H12.2C6H14/c1-7-5-3-2-4-6-7;1-5-6-7(2,3)4;2*1-4-5-6-7(2)3;1-4-6-7(3)5-2;1-4-7(5-2)6-3;1-3-5-7-6-4-2;1-2-3-6-4-5-6;1-5-6(2,3)4;1-4-5-6(2)3/h7H,2-6H2,1H3;5-6H2,1-4H3;4*7H,4-6H2,1-3H3;3-7H2,1-2H3;6H,2-5H2,1H3;5H2,1-4H3;6H,4-5H2,1-3H3/t;;;;7-;;;;;/m....1...../s1. The molecular formula is C67H150. The van der Waals surface area contributed by atoms with Crippen molar-refractivity contribution >= 4 is 0 Å². The first-order valence-corrected chi connectivity index (χ1v) is 31.3. The Morgan fingerprint density at radius 1 is 0.373 bits per heavy atom. The molecular weight excluding hydrogens is 805 g/mol. The number of rotatable bonds is 21. The van der Waals surface area contributed by atoms with E-state index in [0.29, 0.717) is 10.8 Å². The number of hydrogen-bond donors (Lipinski definition) is 0. The van der Waals surface area contributed by atoms with Crippen molar-refractivity contribution in [1.82, 2.24) is 0 Å². The molecule has 2 fully saturated rings. The van der Waals surface area contributed by atoms with Crippen molar-refractivity contribution in [2.24, 2.45) is 52.3 Å². The van der Waals surface area contributed by atoms with E-state index in [9.17, 15) is 0 Å². The molecule has 0 radical (unpaired) electrons. The molecule has 0 heterocycles. The van der Waals surface area contributed by atoms with Crippen molar-refractivity contribution < 1.29 is 0 Å². The van der Waals surface area contributed by atoms with E-state index < -0.39 is 0 Å². The maximum Gasteiger partial charge on any atom is -0.0383 e. The zero-order valence-corrected chi connectivity index (χ0v) is 54.0. The molecule has 2 aliphatic carbocycles. The van der Waals surface area contributed by atoms with Crippen LogP contribution < -0.4 is 0 Å². The first-order valence-electron chi connectivity index (χ1n) is 31.3. The van der Waals surface area contributed by atoms with Crippen molar-refractivity contribution in [3.8, 4) is 0 Å². The third kappa shape index (κ3) is 122. The topological polar surface area (TPSA) is 0 Å². The zero-order valence-electron chi connectivity index (χ0n) is 54.0. The fraction of sp³-hybridized carbons (Fsp3) is 1.00. The lowest BCUT2D eigenvalue weighted by Gasteiger charge is -2.15. The Kier molecular flexibility index (Phi) is 85.2. The second-order valence-corrected chi connectivity index (χ2v) is 24.9. The van der Waals surface area contributed by atoms with Crippen LogP contribution in [0, 0.1) is 52.3 Å². The van der Waals surface area contributed by atoms with Crippen molar-refractivity contribution in [1.29, 1.82) is 0 Å². The Bertz CT molecular complexity index is 701. The SMILES string of the molecule is CC1CCCCC1.CCC(C)(C)C.CCC(CC)CC.CCCC(C)(C)C.CCCC(C)C.CCCC1CC1.CCCCC(C)C.CCCCC(C)C.CCCCCCC.CCC[C@H](C)CC. The third-order valence-corrected chi connectivity index (χ3v) is 12.9. The monoisotopic (exact) mass is 955 g/mol. The molecule has 0 N–H and O–H groups in total. The molecule has 0 aromatic carbocycles. The van der Waals surface area contributed by atoms with Gasteiger partial charge in [0, 0.05) is 0 Å². The molecule has 0 unspecified atom stereocenters. The summed E-state index contributed by atoms with van der Waals surface area (Å²) in [6.07, 6.45) is 43.4. The van der Waals surface area contributed by atoms with Gasteiger partial charge in [0.15, 0.2) is 0 Å². The average Bonchev–Trinajstić information content (AvgIpc) is 4.09. The van der Waals surface area contributed by atoms with Crippen LogP contribution in [0.15, 0.2) is 0 Å². The summed E-state index contributed by atoms with van der Waals surface area (Å²) in [5.74, 6) is 6.82. The Labute approximate surface area is 436 Å². The predicted octanol–water partition coefficient (Wildman–Crippen LogP) is 26.8. The van der Waals surface area contributed by atoms with Crippen LogP contribution in [-0.4, -0.2) is 0 Å². The van der Waals surface area contributed by atoms with Crippen LogP contribution in [0.3, 0.4) is 0 Å². The highest BCUT2D eigenvalue weighted by Gasteiger charge is 2.18. The van der Waals surface area contributed by atoms with E-state index in [1.54, 1.807) is 0 Å². The van der Waals surface area contributed by atoms with Gasteiger partial charge in [0.25, 0.3) is 0 Å². The summed E-state index contributed by atoms with van der Waals surface area (Å²) in [6, 6.07) is 0. The molecule has 0 spiro atoms. The van der Waals surface area contributed by atoms with E-state index in [-0.39, 0.29) is 0 Å². The van der Waals surface area contributed by atoms with Crippen LogP contribution in [0.4, 0.5) is 0 Å². The lowest BCUT2D eigenvalue weighted by Crippen LogP contribution is -2.02. The van der Waals surface area contributed by atoms with Gasteiger partial charge in [0.2, 0.25) is 0 Å². The summed E-state index contributed by atoms with van der Waals surface area (Å²) < 4.78 is 0. The molecule has 0 saturated heterocycles. The fourth-order valence-electron chi connectivity index (χ4n) is 6.91. The smallest absolute Gasteiger partial charge is 0.0383 e. The molecule has 0 bridgehead atoms. The Morgan fingerprint density at radius 3 is 0.851 bits per heavy atom. The Hall–Kier alpha value is 0. The van der Waals surface area contributed by atoms with Gasteiger partial charge in [0.05, 0.1) is 0 Å². The minimum absolute atomic E-state index is 0.542. The predicted molar refractivity (Wildman–Crippen MR) is 326 cm³/mol. The van der Waals surface area contributed by atoms with Crippen LogP contribution in [0.2, 0.25) is 0 Å². The summed E-state index contributed by atoms with van der Waals surface area (Å²) in [6.45, 7) is 61.0. The molecule has 67 heavy (non-hydrogen) atoms. The second-order valence-electron chi connectivity index (χ2n) is 24.9. The van der Waals surface area contributed by atoms with E-state index in [1.807, 2.05) is 0 Å². The molecule has 1 atom stereocenters. The zero-order chi connectivity index (χ0) is 54.0. The molecule has 0 nitrogen and oxygen atoms in total. The lowest BCUT2D eigenvalue weighted by atomic mass is 9.91. The highest BCUT2D eigenvalue weighted by atomic mass is 14.2. The van der Waals surface area contributed by atoms with Crippen LogP contribution in [0.5, 0.6) is 0 Å². The van der Waals surface area contributed by atoms with Crippen molar-refractivity contribution in [3.63, 3.8) is 0 Å². The van der Waals surface area contributed by atoms with Crippen LogP contribution in [0.1, 0.15) is 386 Å². The quantitative estimate of drug-likeness (QED) is 0.101. The van der Waals surface area contributed by atoms with E-state index in [1.165, 1.54) is 199 Å². The van der Waals surface area contributed by atoms with E-state index in [0.717, 1.165) is 41.4 Å². The molecule has 2 aliphatic rings. The molecule has 0 aromatic rings. The number of unbranched alkanes of at least 4 members (excludes halogenated alkanes) is 6. The summed E-state index contributed by atoms with van der Waals surface area (Å²) in [7, 11) is 0. The minimum Gasteiger partial charge on any atom is -0.0654 e. The Morgan fingerprint density at radius 2 is 0.746 bits per heavy atom. The molecule has 0 heteroatoms. The van der Waals surface area contributed by atoms with Gasteiger partial charge in [-0.2, -0.15) is 0 Å². The van der Waals surface area contributed by atoms with Gasteiger partial charge in [-0.15, -0.1) is 0 Å². The second kappa shape index (κ2) is 68.1. The van der Waals surface area contributed by atoms with Crippen molar-refractivity contribution in [3.05, 3.63) is 0 Å². The Balaban J connectivity index is -0.0000000963. The van der Waals surface area contributed by atoms with Crippen molar-refractivity contribution in [2.45, 2.75) is 386 Å². The normalized spacial score (nSPS) is 13.5. The maximum atomic E-state index is 2.36. The molecule has 2 rings (SSSR count). The van der Waals surface area contributed by atoms with Gasteiger partial charge < -0.3 is 0 Å².